The third kappa shape index (κ3) is 5.05. The number of nitrogens with zero attached hydrogens (tertiary/aromatic N) is 7. The summed E-state index contributed by atoms with van der Waals surface area (Å²) in [5, 5.41) is 11.9. The number of H-pyrrole nitrogens is 1. The number of aryl methyl sites for hydroxylation is 3. The van der Waals surface area contributed by atoms with Crippen LogP contribution in [0.1, 0.15) is 30.1 Å². The highest BCUT2D eigenvalue weighted by molar-refractivity contribution is 5.69. The quantitative estimate of drug-likeness (QED) is 0.386. The Kier molecular flexibility index (Phi) is 6.30. The highest BCUT2D eigenvalue weighted by Gasteiger charge is 2.28. The summed E-state index contributed by atoms with van der Waals surface area (Å²) in [5.41, 5.74) is -1.28. The van der Waals surface area contributed by atoms with Gasteiger partial charge in [-0.2, -0.15) is 18.0 Å². The first-order valence-electron chi connectivity index (χ1n) is 10.4. The van der Waals surface area contributed by atoms with Gasteiger partial charge in [-0.25, -0.2) is 14.2 Å². The fourth-order valence-electron chi connectivity index (χ4n) is 3.54. The predicted molar refractivity (Wildman–Crippen MR) is 112 cm³/mol. The molecule has 0 atom stereocenters. The minimum atomic E-state index is -4.47. The van der Waals surface area contributed by atoms with Crippen LogP contribution in [0.4, 0.5) is 17.6 Å². The Morgan fingerprint density at radius 3 is 2.56 bits per heavy atom. The molecule has 0 bridgehead atoms. The minimum absolute atomic E-state index is 0.0367. The van der Waals surface area contributed by atoms with E-state index in [1.54, 1.807) is 18.2 Å². The Bertz CT molecular complexity index is 1430. The lowest BCUT2D eigenvalue weighted by molar-refractivity contribution is -0.136. The van der Waals surface area contributed by atoms with Crippen LogP contribution in [0.25, 0.3) is 11.2 Å². The summed E-state index contributed by atoms with van der Waals surface area (Å²) in [6, 6.07) is 6.21. The molecule has 180 valence electrons. The zero-order chi connectivity index (χ0) is 24.5. The van der Waals surface area contributed by atoms with Crippen molar-refractivity contribution in [3.05, 3.63) is 68.1 Å². The van der Waals surface area contributed by atoms with Crippen molar-refractivity contribution in [3.63, 3.8) is 0 Å². The van der Waals surface area contributed by atoms with Crippen molar-refractivity contribution in [1.29, 1.82) is 0 Å². The largest absolute Gasteiger partial charge is 0.390 e. The summed E-state index contributed by atoms with van der Waals surface area (Å²) in [5.74, 6) is 0.217. The molecule has 1 N–H and O–H groups in total. The fourth-order valence-corrected chi connectivity index (χ4v) is 3.54. The molecule has 4 rings (SSSR count). The molecule has 14 heteroatoms. The molecule has 3 heterocycles. The Hall–Kier alpha value is -3.84. The van der Waals surface area contributed by atoms with Gasteiger partial charge in [-0.1, -0.05) is 18.2 Å². The molecule has 0 aliphatic rings. The van der Waals surface area contributed by atoms with Crippen LogP contribution in [-0.2, 0) is 26.1 Å². The molecule has 0 fully saturated rings. The van der Waals surface area contributed by atoms with E-state index in [0.29, 0.717) is 17.2 Å². The second kappa shape index (κ2) is 9.19. The molecule has 0 aliphatic heterocycles. The molecule has 3 aromatic heterocycles. The molecule has 4 aromatic rings. The van der Waals surface area contributed by atoms with Gasteiger partial charge in [-0.05, 0) is 30.2 Å². The Morgan fingerprint density at radius 1 is 1.06 bits per heavy atom. The number of hydrogen-bond acceptors (Lipinski definition) is 6. The van der Waals surface area contributed by atoms with E-state index in [1.165, 1.54) is 17.8 Å². The number of imidazole rings is 1. The maximum absolute atomic E-state index is 13.8. The second-order valence-corrected chi connectivity index (χ2v) is 7.70. The van der Waals surface area contributed by atoms with Gasteiger partial charge >= 0.3 is 11.9 Å². The lowest BCUT2D eigenvalue weighted by atomic mass is 10.1. The Morgan fingerprint density at radius 2 is 1.82 bits per heavy atom. The molecule has 0 amide bonds. The van der Waals surface area contributed by atoms with Crippen molar-refractivity contribution in [3.8, 4) is 0 Å². The standard InChI is InChI=1S/C20H20F4N8O2/c1-12-25-16-17(26-12)30(10-7-20(22,23)24)19(34)31(18(16)33)8-4-9-32-28-15(27-29-32)11-13-5-2-3-6-14(13)21/h2-3,5-6H,4,7-11H2,1H3,(H,25,26). The van der Waals surface area contributed by atoms with E-state index in [4.69, 9.17) is 0 Å². The molecule has 0 aliphatic carbocycles. The zero-order valence-electron chi connectivity index (χ0n) is 18.0. The van der Waals surface area contributed by atoms with Crippen LogP contribution in [0, 0.1) is 12.7 Å². The summed E-state index contributed by atoms with van der Waals surface area (Å²) >= 11 is 0. The zero-order valence-corrected chi connectivity index (χ0v) is 18.0. The molecule has 0 saturated heterocycles. The molecular weight excluding hydrogens is 460 g/mol. The van der Waals surface area contributed by atoms with Gasteiger partial charge in [0.05, 0.1) is 13.0 Å². The number of nitrogens with one attached hydrogen (secondary N) is 1. The molecule has 0 spiro atoms. The van der Waals surface area contributed by atoms with E-state index in [1.807, 2.05) is 0 Å². The number of alkyl halides is 3. The molecule has 0 unspecified atom stereocenters. The van der Waals surface area contributed by atoms with Crippen molar-refractivity contribution >= 4 is 11.2 Å². The summed E-state index contributed by atoms with van der Waals surface area (Å²) in [4.78, 5) is 33.6. The first-order valence-corrected chi connectivity index (χ1v) is 10.4. The van der Waals surface area contributed by atoms with Crippen LogP contribution in [-0.4, -0.2) is 45.5 Å². The van der Waals surface area contributed by atoms with E-state index in [2.05, 4.69) is 25.4 Å². The summed E-state index contributed by atoms with van der Waals surface area (Å²) in [7, 11) is 0. The van der Waals surface area contributed by atoms with Crippen LogP contribution >= 0.6 is 0 Å². The number of rotatable bonds is 8. The maximum Gasteiger partial charge on any atom is 0.390 e. The number of benzene rings is 1. The normalized spacial score (nSPS) is 12.0. The van der Waals surface area contributed by atoms with Crippen LogP contribution in [0.3, 0.4) is 0 Å². The van der Waals surface area contributed by atoms with E-state index >= 15 is 0 Å². The van der Waals surface area contributed by atoms with Crippen LogP contribution in [0.15, 0.2) is 33.9 Å². The highest BCUT2D eigenvalue weighted by Crippen LogP contribution is 2.20. The molecular formula is C20H20F4N8O2. The average Bonchev–Trinajstić information content (AvgIpc) is 3.37. The lowest BCUT2D eigenvalue weighted by Gasteiger charge is -2.12. The number of halogens is 4. The first kappa shape index (κ1) is 23.3. The lowest BCUT2D eigenvalue weighted by Crippen LogP contribution is -2.41. The highest BCUT2D eigenvalue weighted by atomic mass is 19.4. The molecule has 1 aromatic carbocycles. The second-order valence-electron chi connectivity index (χ2n) is 7.70. The van der Waals surface area contributed by atoms with Crippen LogP contribution < -0.4 is 11.2 Å². The predicted octanol–water partition coefficient (Wildman–Crippen LogP) is 1.95. The van der Waals surface area contributed by atoms with Gasteiger partial charge in [0.15, 0.2) is 11.5 Å². The van der Waals surface area contributed by atoms with E-state index in [0.717, 1.165) is 9.13 Å². The number of fused-ring (bicyclic) bond motifs is 1. The third-order valence-corrected chi connectivity index (χ3v) is 5.14. The van der Waals surface area contributed by atoms with E-state index < -0.39 is 30.4 Å². The fraction of sp³-hybridized carbons (Fsp3) is 0.400. The van der Waals surface area contributed by atoms with Gasteiger partial charge < -0.3 is 4.98 Å². The number of hydrogen-bond donors (Lipinski definition) is 1. The summed E-state index contributed by atoms with van der Waals surface area (Å²) < 4.78 is 53.8. The SMILES string of the molecule is Cc1nc2c([nH]1)c(=O)n(CCCn1nnc(Cc3ccccc3F)n1)c(=O)n2CCC(F)(F)F. The average molecular weight is 480 g/mol. The van der Waals surface area contributed by atoms with Gasteiger partial charge in [0.25, 0.3) is 5.56 Å². The summed E-state index contributed by atoms with van der Waals surface area (Å²) in [6.45, 7) is 0.978. The van der Waals surface area contributed by atoms with Crippen molar-refractivity contribution in [2.75, 3.05) is 0 Å². The van der Waals surface area contributed by atoms with Crippen molar-refractivity contribution in [2.45, 2.75) is 52.0 Å². The van der Waals surface area contributed by atoms with E-state index in [9.17, 15) is 27.2 Å². The van der Waals surface area contributed by atoms with Crippen molar-refractivity contribution < 1.29 is 17.6 Å². The van der Waals surface area contributed by atoms with Gasteiger partial charge in [-0.15, -0.1) is 10.2 Å². The number of aromatic amines is 1. The van der Waals surface area contributed by atoms with Gasteiger partial charge in [0.1, 0.15) is 17.2 Å². The summed E-state index contributed by atoms with van der Waals surface area (Å²) in [6.07, 6.45) is -5.34. The van der Waals surface area contributed by atoms with E-state index in [-0.39, 0.29) is 42.9 Å². The van der Waals surface area contributed by atoms with Crippen LogP contribution in [0.5, 0.6) is 0 Å². The van der Waals surface area contributed by atoms with Gasteiger partial charge in [-0.3, -0.25) is 13.9 Å². The van der Waals surface area contributed by atoms with Gasteiger partial charge in [0, 0.05) is 19.5 Å². The molecule has 34 heavy (non-hydrogen) atoms. The maximum atomic E-state index is 13.8. The molecule has 10 nitrogen and oxygen atoms in total. The Balaban J connectivity index is 1.50. The molecule has 0 saturated carbocycles. The van der Waals surface area contributed by atoms with Crippen molar-refractivity contribution in [1.82, 2.24) is 39.3 Å². The first-order chi connectivity index (χ1) is 16.1. The smallest absolute Gasteiger partial charge is 0.336 e. The topological polar surface area (TPSA) is 116 Å². The number of tetrazole rings is 1. The minimum Gasteiger partial charge on any atom is -0.336 e. The Labute approximate surface area is 188 Å². The third-order valence-electron chi connectivity index (χ3n) is 5.14. The van der Waals surface area contributed by atoms with Gasteiger partial charge in [0.2, 0.25) is 0 Å². The molecule has 0 radical (unpaired) electrons. The van der Waals surface area contributed by atoms with Crippen molar-refractivity contribution in [2.24, 2.45) is 0 Å². The monoisotopic (exact) mass is 480 g/mol. The van der Waals surface area contributed by atoms with Crippen LogP contribution in [0.2, 0.25) is 0 Å². The number of aromatic nitrogens is 8.